The van der Waals surface area contributed by atoms with Gasteiger partial charge in [-0.05, 0) is 44.0 Å². The molecule has 2 heterocycles. The zero-order valence-corrected chi connectivity index (χ0v) is 15.6. The summed E-state index contributed by atoms with van der Waals surface area (Å²) in [6.45, 7) is 3.62. The maximum absolute atomic E-state index is 13.6. The van der Waals surface area contributed by atoms with Gasteiger partial charge >= 0.3 is 5.97 Å². The van der Waals surface area contributed by atoms with E-state index in [1.807, 2.05) is 0 Å². The quantitative estimate of drug-likeness (QED) is 0.584. The van der Waals surface area contributed by atoms with E-state index in [0.717, 1.165) is 32.0 Å². The number of rotatable bonds is 5. The number of piperidine rings is 1. The Balaban J connectivity index is 0.00000264. The zero-order valence-electron chi connectivity index (χ0n) is 13.2. The van der Waals surface area contributed by atoms with Gasteiger partial charge in [-0.15, -0.1) is 24.8 Å². The van der Waals surface area contributed by atoms with Gasteiger partial charge in [0.05, 0.1) is 11.6 Å². The first-order chi connectivity index (χ1) is 10.6. The summed E-state index contributed by atoms with van der Waals surface area (Å²) in [5.41, 5.74) is 0.405. The van der Waals surface area contributed by atoms with Gasteiger partial charge in [-0.25, -0.2) is 9.78 Å². The molecule has 2 N–H and O–H groups in total. The van der Waals surface area contributed by atoms with Crippen LogP contribution in [0.3, 0.4) is 0 Å². The summed E-state index contributed by atoms with van der Waals surface area (Å²) in [6.07, 6.45) is 4.66. The summed E-state index contributed by atoms with van der Waals surface area (Å²) < 4.78 is 18.1. The normalized spacial score (nSPS) is 17.3. The van der Waals surface area contributed by atoms with Gasteiger partial charge < -0.3 is 15.4 Å². The first-order valence-electron chi connectivity index (χ1n) is 7.27. The Bertz CT molecular complexity index is 567. The highest BCUT2D eigenvalue weighted by molar-refractivity contribution is 6.33. The van der Waals surface area contributed by atoms with Crippen molar-refractivity contribution in [2.75, 3.05) is 25.0 Å². The largest absolute Gasteiger partial charge is 0.461 e. The number of carbonyl (C=O) groups excluding carboxylic acids is 1. The summed E-state index contributed by atoms with van der Waals surface area (Å²) in [6, 6.07) is 1.84. The fourth-order valence-corrected chi connectivity index (χ4v) is 2.44. The van der Waals surface area contributed by atoms with E-state index in [-0.39, 0.29) is 37.5 Å². The number of hydrogen-bond donors (Lipinski definition) is 2. The molecule has 0 aliphatic carbocycles. The van der Waals surface area contributed by atoms with Gasteiger partial charge in [0.15, 0.2) is 0 Å². The Morgan fingerprint density at radius 3 is 2.92 bits per heavy atom. The van der Waals surface area contributed by atoms with Gasteiger partial charge in [0.2, 0.25) is 5.83 Å². The standard InChI is InChI=1S/C15H19ClFN3O2.2ClH/c1-2-22-15(21)13(17)7-10-6-12(16)14(19-8-10)20-11-4-3-5-18-9-11;;/h6-8,11,18H,2-5,9H2,1H3,(H,19,20);2*1H/b13-7-;;/t11-;;/m1../s1. The van der Waals surface area contributed by atoms with E-state index in [2.05, 4.69) is 20.4 Å². The number of carbonyl (C=O) groups is 1. The number of aromatic nitrogens is 1. The van der Waals surface area contributed by atoms with Crippen molar-refractivity contribution < 1.29 is 13.9 Å². The second-order valence-corrected chi connectivity index (χ2v) is 5.41. The molecular formula is C15H21Cl3FN3O2. The lowest BCUT2D eigenvalue weighted by molar-refractivity contribution is -0.140. The second-order valence-electron chi connectivity index (χ2n) is 5.00. The van der Waals surface area contributed by atoms with Crippen molar-refractivity contribution in [1.29, 1.82) is 0 Å². The molecule has 0 spiro atoms. The molecule has 1 aliphatic heterocycles. The first-order valence-corrected chi connectivity index (χ1v) is 7.65. The molecule has 0 saturated carbocycles. The molecule has 1 saturated heterocycles. The summed E-state index contributed by atoms with van der Waals surface area (Å²) in [7, 11) is 0. The summed E-state index contributed by atoms with van der Waals surface area (Å²) in [5, 5.41) is 6.94. The molecule has 0 bridgehead atoms. The van der Waals surface area contributed by atoms with E-state index in [9.17, 15) is 9.18 Å². The maximum atomic E-state index is 13.6. The average molecular weight is 401 g/mol. The third-order valence-electron chi connectivity index (χ3n) is 3.26. The molecule has 24 heavy (non-hydrogen) atoms. The number of esters is 1. The lowest BCUT2D eigenvalue weighted by Gasteiger charge is -2.24. The van der Waals surface area contributed by atoms with Crippen LogP contribution in [0.1, 0.15) is 25.3 Å². The van der Waals surface area contributed by atoms with Crippen LogP contribution < -0.4 is 10.6 Å². The van der Waals surface area contributed by atoms with E-state index in [4.69, 9.17) is 11.6 Å². The average Bonchev–Trinajstić information content (AvgIpc) is 2.51. The molecule has 0 amide bonds. The topological polar surface area (TPSA) is 63.2 Å². The smallest absolute Gasteiger partial charge is 0.367 e. The fourth-order valence-electron chi connectivity index (χ4n) is 2.21. The molecule has 2 rings (SSSR count). The molecule has 1 aromatic heterocycles. The van der Waals surface area contributed by atoms with E-state index in [1.54, 1.807) is 13.0 Å². The van der Waals surface area contributed by atoms with Crippen molar-refractivity contribution in [1.82, 2.24) is 10.3 Å². The van der Waals surface area contributed by atoms with Crippen LogP contribution in [0.5, 0.6) is 0 Å². The Morgan fingerprint density at radius 2 is 2.33 bits per heavy atom. The molecule has 0 aromatic carbocycles. The molecule has 1 aromatic rings. The highest BCUT2D eigenvalue weighted by Crippen LogP contribution is 2.23. The number of pyridine rings is 1. The van der Waals surface area contributed by atoms with Gasteiger partial charge in [-0.1, -0.05) is 11.6 Å². The predicted octanol–water partition coefficient (Wildman–Crippen LogP) is 3.62. The highest BCUT2D eigenvalue weighted by atomic mass is 35.5. The van der Waals surface area contributed by atoms with Crippen molar-refractivity contribution in [2.45, 2.75) is 25.8 Å². The van der Waals surface area contributed by atoms with Crippen molar-refractivity contribution >= 4 is 54.3 Å². The van der Waals surface area contributed by atoms with E-state index in [1.165, 1.54) is 6.20 Å². The van der Waals surface area contributed by atoms with Crippen LogP contribution in [0.15, 0.2) is 18.1 Å². The molecule has 136 valence electrons. The SMILES string of the molecule is CCOC(=O)/C(F)=C/c1cnc(N[C@@H]2CCCNC2)c(Cl)c1.Cl.Cl. The Kier molecular flexibility index (Phi) is 11.0. The number of nitrogens with one attached hydrogen (secondary N) is 2. The van der Waals surface area contributed by atoms with Gasteiger partial charge in [0, 0.05) is 18.8 Å². The molecule has 0 unspecified atom stereocenters. The number of halogens is 4. The number of nitrogens with zero attached hydrogens (tertiary/aromatic N) is 1. The van der Waals surface area contributed by atoms with Crippen molar-refractivity contribution in [3.05, 3.63) is 28.7 Å². The number of anilines is 1. The fraction of sp³-hybridized carbons (Fsp3) is 0.467. The molecule has 5 nitrogen and oxygen atoms in total. The van der Waals surface area contributed by atoms with Gasteiger partial charge in [-0.2, -0.15) is 4.39 Å². The summed E-state index contributed by atoms with van der Waals surface area (Å²) >= 11 is 6.16. The molecule has 1 atom stereocenters. The lowest BCUT2D eigenvalue weighted by Crippen LogP contribution is -2.38. The van der Waals surface area contributed by atoms with Crippen LogP contribution in [0.4, 0.5) is 10.2 Å². The predicted molar refractivity (Wildman–Crippen MR) is 99.0 cm³/mol. The van der Waals surface area contributed by atoms with Gasteiger partial charge in [-0.3, -0.25) is 0 Å². The van der Waals surface area contributed by atoms with Gasteiger partial charge in [0.1, 0.15) is 5.82 Å². The van der Waals surface area contributed by atoms with Crippen molar-refractivity contribution in [3.63, 3.8) is 0 Å². The van der Waals surface area contributed by atoms with Crippen molar-refractivity contribution in [3.8, 4) is 0 Å². The monoisotopic (exact) mass is 399 g/mol. The van der Waals surface area contributed by atoms with Crippen LogP contribution in [0, 0.1) is 0 Å². The molecule has 1 aliphatic rings. The second kappa shape index (κ2) is 11.5. The minimum absolute atomic E-state index is 0. The lowest BCUT2D eigenvalue weighted by atomic mass is 10.1. The molecular weight excluding hydrogens is 380 g/mol. The molecule has 9 heteroatoms. The molecule has 0 radical (unpaired) electrons. The van der Waals surface area contributed by atoms with Crippen LogP contribution in [0.2, 0.25) is 5.02 Å². The Morgan fingerprint density at radius 1 is 1.58 bits per heavy atom. The van der Waals surface area contributed by atoms with Crippen LogP contribution in [-0.4, -0.2) is 36.7 Å². The van der Waals surface area contributed by atoms with Crippen LogP contribution in [0.25, 0.3) is 6.08 Å². The first kappa shape index (κ1) is 22.9. The van der Waals surface area contributed by atoms with E-state index >= 15 is 0 Å². The summed E-state index contributed by atoms with van der Waals surface area (Å²) in [5.74, 6) is -1.41. The summed E-state index contributed by atoms with van der Waals surface area (Å²) in [4.78, 5) is 15.4. The Labute approximate surface area is 158 Å². The zero-order chi connectivity index (χ0) is 15.9. The van der Waals surface area contributed by atoms with Crippen LogP contribution >= 0.6 is 36.4 Å². The Hall–Kier alpha value is -1.08. The van der Waals surface area contributed by atoms with E-state index < -0.39 is 11.8 Å². The highest BCUT2D eigenvalue weighted by Gasteiger charge is 2.15. The number of ether oxygens (including phenoxy) is 1. The molecule has 1 fully saturated rings. The van der Waals surface area contributed by atoms with E-state index in [0.29, 0.717) is 16.4 Å². The maximum Gasteiger partial charge on any atom is 0.367 e. The van der Waals surface area contributed by atoms with Gasteiger partial charge in [0.25, 0.3) is 0 Å². The van der Waals surface area contributed by atoms with Crippen molar-refractivity contribution in [2.24, 2.45) is 0 Å². The number of hydrogen-bond acceptors (Lipinski definition) is 5. The third-order valence-corrected chi connectivity index (χ3v) is 3.55. The third kappa shape index (κ3) is 6.81. The minimum Gasteiger partial charge on any atom is -0.461 e. The van der Waals surface area contributed by atoms with Crippen LogP contribution in [-0.2, 0) is 9.53 Å². The minimum atomic E-state index is -0.992.